The van der Waals surface area contributed by atoms with Gasteiger partial charge in [0, 0.05) is 19.6 Å². The van der Waals surface area contributed by atoms with Gasteiger partial charge in [-0.3, -0.25) is 14.5 Å². The normalized spacial score (nSPS) is 17.6. The largest absolute Gasteiger partial charge is 0.469 e. The van der Waals surface area contributed by atoms with Crippen LogP contribution in [-0.2, 0) is 25.7 Å². The summed E-state index contributed by atoms with van der Waals surface area (Å²) >= 11 is 0. The summed E-state index contributed by atoms with van der Waals surface area (Å²) in [5.74, 6) is -0.440. The summed E-state index contributed by atoms with van der Waals surface area (Å²) < 4.78 is 10.1. The maximum Gasteiger partial charge on any atom is 0.410 e. The molecule has 0 spiro atoms. The lowest BCUT2D eigenvalue weighted by Crippen LogP contribution is -2.58. The first kappa shape index (κ1) is 20.7. The Kier molecular flexibility index (Phi) is 6.82. The fraction of sp³-hybridized carbons (Fsp3) is 0.550. The van der Waals surface area contributed by atoms with Gasteiger partial charge in [-0.2, -0.15) is 0 Å². The van der Waals surface area contributed by atoms with Crippen LogP contribution in [0.2, 0.25) is 0 Å². The van der Waals surface area contributed by atoms with Crippen LogP contribution in [0.3, 0.4) is 0 Å². The summed E-state index contributed by atoms with van der Waals surface area (Å²) in [4.78, 5) is 39.9. The van der Waals surface area contributed by atoms with Crippen molar-refractivity contribution in [2.75, 3.05) is 26.7 Å². The van der Waals surface area contributed by atoms with E-state index in [-0.39, 0.29) is 18.5 Å². The van der Waals surface area contributed by atoms with Gasteiger partial charge in [-0.15, -0.1) is 0 Å². The highest BCUT2D eigenvalue weighted by molar-refractivity contribution is 5.86. The smallest absolute Gasteiger partial charge is 0.410 e. The molecule has 1 aromatic carbocycles. The van der Waals surface area contributed by atoms with E-state index in [1.54, 1.807) is 25.7 Å². The number of methoxy groups -OCH3 is 1. The van der Waals surface area contributed by atoms with Gasteiger partial charge in [0.1, 0.15) is 12.6 Å². The topological polar surface area (TPSA) is 76.2 Å². The zero-order valence-corrected chi connectivity index (χ0v) is 16.4. The van der Waals surface area contributed by atoms with Crippen LogP contribution in [0.4, 0.5) is 4.79 Å². The number of carbonyl (C=O) groups excluding carboxylic acids is 3. The molecule has 1 aliphatic heterocycles. The molecule has 2 rings (SSSR count). The Bertz CT molecular complexity index is 674. The van der Waals surface area contributed by atoms with Crippen molar-refractivity contribution in [1.29, 1.82) is 0 Å². The first-order valence-electron chi connectivity index (χ1n) is 9.11. The number of hydrogen-bond donors (Lipinski definition) is 0. The number of nitrogens with zero attached hydrogens (tertiary/aromatic N) is 2. The minimum atomic E-state index is -0.663. The summed E-state index contributed by atoms with van der Waals surface area (Å²) in [6, 6.07) is 8.81. The highest BCUT2D eigenvalue weighted by Crippen LogP contribution is 2.24. The molecule has 0 aliphatic carbocycles. The standard InChI is InChI=1S/C20H28N2O5/c1-15-17(23)21(11-10-20(2,3)18(24)26-4)12-13-22(15)19(25)27-14-16-8-6-5-7-9-16/h5-9,15H,10-14H2,1-4H3. The predicted octanol–water partition coefficient (Wildman–Crippen LogP) is 2.45. The average molecular weight is 376 g/mol. The molecule has 0 radical (unpaired) electrons. The van der Waals surface area contributed by atoms with Crippen molar-refractivity contribution in [3.8, 4) is 0 Å². The lowest BCUT2D eigenvalue weighted by molar-refractivity contribution is -0.152. The van der Waals surface area contributed by atoms with Crippen molar-refractivity contribution >= 4 is 18.0 Å². The summed E-state index contributed by atoms with van der Waals surface area (Å²) in [7, 11) is 1.36. The van der Waals surface area contributed by atoms with E-state index in [1.165, 1.54) is 12.0 Å². The van der Waals surface area contributed by atoms with Crippen LogP contribution in [0.15, 0.2) is 30.3 Å². The maximum atomic E-state index is 12.6. The van der Waals surface area contributed by atoms with E-state index in [0.717, 1.165) is 5.56 Å². The average Bonchev–Trinajstić information content (AvgIpc) is 2.67. The van der Waals surface area contributed by atoms with E-state index in [4.69, 9.17) is 9.47 Å². The number of hydrogen-bond acceptors (Lipinski definition) is 5. The van der Waals surface area contributed by atoms with Gasteiger partial charge in [0.2, 0.25) is 5.91 Å². The Morgan fingerprint density at radius 1 is 1.19 bits per heavy atom. The van der Waals surface area contributed by atoms with E-state index in [1.807, 2.05) is 30.3 Å². The molecule has 1 saturated heterocycles. The molecule has 1 heterocycles. The van der Waals surface area contributed by atoms with Crippen molar-refractivity contribution < 1.29 is 23.9 Å². The molecule has 148 valence electrons. The van der Waals surface area contributed by atoms with E-state index in [9.17, 15) is 14.4 Å². The van der Waals surface area contributed by atoms with Gasteiger partial charge < -0.3 is 14.4 Å². The molecule has 7 heteroatoms. The lowest BCUT2D eigenvalue weighted by atomic mass is 9.89. The molecule has 1 aromatic rings. The fourth-order valence-corrected chi connectivity index (χ4v) is 3.00. The van der Waals surface area contributed by atoms with E-state index in [2.05, 4.69) is 0 Å². The molecule has 0 bridgehead atoms. The van der Waals surface area contributed by atoms with Crippen LogP contribution in [0.25, 0.3) is 0 Å². The highest BCUT2D eigenvalue weighted by atomic mass is 16.6. The minimum Gasteiger partial charge on any atom is -0.469 e. The van der Waals surface area contributed by atoms with Gasteiger partial charge in [0.25, 0.3) is 0 Å². The van der Waals surface area contributed by atoms with Crippen LogP contribution in [-0.4, -0.2) is 60.6 Å². The second-order valence-corrected chi connectivity index (χ2v) is 7.36. The molecular formula is C20H28N2O5. The first-order valence-corrected chi connectivity index (χ1v) is 9.11. The van der Waals surface area contributed by atoms with Crippen molar-refractivity contribution in [1.82, 2.24) is 9.80 Å². The minimum absolute atomic E-state index is 0.140. The van der Waals surface area contributed by atoms with E-state index in [0.29, 0.717) is 26.1 Å². The van der Waals surface area contributed by atoms with Crippen molar-refractivity contribution in [3.63, 3.8) is 0 Å². The fourth-order valence-electron chi connectivity index (χ4n) is 3.00. The number of piperazine rings is 1. The molecule has 0 saturated carbocycles. The van der Waals surface area contributed by atoms with Crippen molar-refractivity contribution in [3.05, 3.63) is 35.9 Å². The quantitative estimate of drug-likeness (QED) is 0.713. The Morgan fingerprint density at radius 2 is 1.85 bits per heavy atom. The number of carbonyl (C=O) groups is 3. The molecule has 0 aromatic heterocycles. The van der Waals surface area contributed by atoms with Crippen LogP contribution >= 0.6 is 0 Å². The third-order valence-corrected chi connectivity index (χ3v) is 4.93. The molecule has 27 heavy (non-hydrogen) atoms. The SMILES string of the molecule is COC(=O)C(C)(C)CCN1CCN(C(=O)OCc2ccccc2)C(C)C1=O. The van der Waals surface area contributed by atoms with Gasteiger partial charge in [0.15, 0.2) is 0 Å². The monoisotopic (exact) mass is 376 g/mol. The van der Waals surface area contributed by atoms with Crippen LogP contribution in [0.5, 0.6) is 0 Å². The van der Waals surface area contributed by atoms with Gasteiger partial charge in [-0.25, -0.2) is 4.79 Å². The van der Waals surface area contributed by atoms with Crippen molar-refractivity contribution in [2.24, 2.45) is 5.41 Å². The van der Waals surface area contributed by atoms with Gasteiger partial charge in [0.05, 0.1) is 12.5 Å². The van der Waals surface area contributed by atoms with E-state index < -0.39 is 17.6 Å². The number of esters is 1. The van der Waals surface area contributed by atoms with Crippen LogP contribution < -0.4 is 0 Å². The van der Waals surface area contributed by atoms with Gasteiger partial charge in [-0.1, -0.05) is 30.3 Å². The Hall–Kier alpha value is -2.57. The summed E-state index contributed by atoms with van der Waals surface area (Å²) in [5, 5.41) is 0. The zero-order valence-electron chi connectivity index (χ0n) is 16.4. The molecule has 1 fully saturated rings. The van der Waals surface area contributed by atoms with Crippen molar-refractivity contribution in [2.45, 2.75) is 39.8 Å². The molecule has 1 unspecified atom stereocenters. The maximum absolute atomic E-state index is 12.6. The molecule has 0 N–H and O–H groups in total. The first-order chi connectivity index (χ1) is 12.8. The molecule has 2 amide bonds. The van der Waals surface area contributed by atoms with E-state index >= 15 is 0 Å². The summed E-state index contributed by atoms with van der Waals surface area (Å²) in [6.07, 6.45) is 0.00517. The highest BCUT2D eigenvalue weighted by Gasteiger charge is 2.37. The van der Waals surface area contributed by atoms with Crippen LogP contribution in [0, 0.1) is 5.41 Å². The Morgan fingerprint density at radius 3 is 2.48 bits per heavy atom. The lowest BCUT2D eigenvalue weighted by Gasteiger charge is -2.39. The third kappa shape index (κ3) is 5.21. The molecule has 1 atom stereocenters. The molecule has 7 nitrogen and oxygen atoms in total. The van der Waals surface area contributed by atoms with Crippen LogP contribution in [0.1, 0.15) is 32.8 Å². The summed E-state index contributed by atoms with van der Waals surface area (Å²) in [5.41, 5.74) is 0.234. The molecular weight excluding hydrogens is 348 g/mol. The predicted molar refractivity (Wildman–Crippen MR) is 99.8 cm³/mol. The number of benzene rings is 1. The zero-order chi connectivity index (χ0) is 20.0. The van der Waals surface area contributed by atoms with Gasteiger partial charge >= 0.3 is 12.1 Å². The Labute approximate surface area is 160 Å². The summed E-state index contributed by atoms with van der Waals surface area (Å²) in [6.45, 7) is 6.73. The number of ether oxygens (including phenoxy) is 2. The number of rotatable bonds is 6. The second kappa shape index (κ2) is 8.88. The second-order valence-electron chi connectivity index (χ2n) is 7.36. The Balaban J connectivity index is 1.88. The molecule has 1 aliphatic rings. The third-order valence-electron chi connectivity index (χ3n) is 4.93. The number of amides is 2. The van der Waals surface area contributed by atoms with Gasteiger partial charge in [-0.05, 0) is 32.8 Å².